The molecule has 1 N–H and O–H groups in total. The van der Waals surface area contributed by atoms with Crippen molar-refractivity contribution in [1.82, 2.24) is 4.90 Å². The van der Waals surface area contributed by atoms with Gasteiger partial charge < -0.3 is 19.5 Å². The Kier molecular flexibility index (Phi) is 5.84. The van der Waals surface area contributed by atoms with Crippen molar-refractivity contribution in [3.8, 4) is 11.5 Å². The third-order valence-electron chi connectivity index (χ3n) is 4.12. The summed E-state index contributed by atoms with van der Waals surface area (Å²) in [4.78, 5) is 25.1. The first-order chi connectivity index (χ1) is 11.0. The number of rotatable bonds is 6. The molecule has 2 rings (SSSR count). The zero-order valence-corrected chi connectivity index (χ0v) is 13.5. The normalized spacial score (nSPS) is 20.9. The van der Waals surface area contributed by atoms with Crippen LogP contribution < -0.4 is 9.47 Å². The summed E-state index contributed by atoms with van der Waals surface area (Å²) < 4.78 is 10.8. The summed E-state index contributed by atoms with van der Waals surface area (Å²) in [5, 5.41) is 9.20. The van der Waals surface area contributed by atoms with Crippen LogP contribution in [0.3, 0.4) is 0 Å². The SMILES string of the molecule is CCOc1ccc(OCC(=O)N2CCC[C@H](C(=O)O)[C@@H]2C)cc1. The minimum atomic E-state index is -0.845. The van der Waals surface area contributed by atoms with Crippen LogP contribution in [0.2, 0.25) is 0 Å². The van der Waals surface area contributed by atoms with Crippen LogP contribution in [0.1, 0.15) is 26.7 Å². The van der Waals surface area contributed by atoms with Gasteiger partial charge in [0.2, 0.25) is 0 Å². The largest absolute Gasteiger partial charge is 0.494 e. The molecule has 0 aromatic heterocycles. The Morgan fingerprint density at radius 2 is 1.83 bits per heavy atom. The van der Waals surface area contributed by atoms with Crippen LogP contribution in [0.25, 0.3) is 0 Å². The maximum Gasteiger partial charge on any atom is 0.308 e. The van der Waals surface area contributed by atoms with Crippen LogP contribution in [0, 0.1) is 5.92 Å². The van der Waals surface area contributed by atoms with E-state index in [0.29, 0.717) is 31.7 Å². The number of hydrogen-bond acceptors (Lipinski definition) is 4. The minimum Gasteiger partial charge on any atom is -0.494 e. The van der Waals surface area contributed by atoms with Gasteiger partial charge in [0, 0.05) is 12.6 Å². The average Bonchev–Trinajstić information content (AvgIpc) is 2.54. The van der Waals surface area contributed by atoms with Gasteiger partial charge in [-0.05, 0) is 51.0 Å². The van der Waals surface area contributed by atoms with Crippen LogP contribution >= 0.6 is 0 Å². The Hall–Kier alpha value is -2.24. The number of hydrogen-bond donors (Lipinski definition) is 1. The van der Waals surface area contributed by atoms with Gasteiger partial charge in [-0.3, -0.25) is 9.59 Å². The third kappa shape index (κ3) is 4.37. The molecule has 126 valence electrons. The van der Waals surface area contributed by atoms with Crippen LogP contribution in [0.15, 0.2) is 24.3 Å². The van der Waals surface area contributed by atoms with Crippen LogP contribution in [0.4, 0.5) is 0 Å². The highest BCUT2D eigenvalue weighted by Crippen LogP contribution is 2.24. The Bertz CT molecular complexity index is 542. The molecule has 0 bridgehead atoms. The van der Waals surface area contributed by atoms with Gasteiger partial charge in [0.1, 0.15) is 11.5 Å². The quantitative estimate of drug-likeness (QED) is 0.869. The number of likely N-dealkylation sites (tertiary alicyclic amines) is 1. The highest BCUT2D eigenvalue weighted by Gasteiger charge is 2.35. The lowest BCUT2D eigenvalue weighted by molar-refractivity contribution is -0.149. The average molecular weight is 321 g/mol. The molecule has 1 saturated heterocycles. The molecule has 0 spiro atoms. The van der Waals surface area contributed by atoms with E-state index in [9.17, 15) is 14.7 Å². The van der Waals surface area contributed by atoms with Crippen molar-refractivity contribution >= 4 is 11.9 Å². The first kappa shape index (κ1) is 17.1. The lowest BCUT2D eigenvalue weighted by atomic mass is 9.90. The molecule has 1 amide bonds. The van der Waals surface area contributed by atoms with Gasteiger partial charge in [-0.15, -0.1) is 0 Å². The van der Waals surface area contributed by atoms with Crippen LogP contribution in [0.5, 0.6) is 11.5 Å². The molecule has 6 heteroatoms. The van der Waals surface area contributed by atoms with Crippen molar-refractivity contribution in [2.45, 2.75) is 32.7 Å². The first-order valence-electron chi connectivity index (χ1n) is 7.91. The van der Waals surface area contributed by atoms with E-state index in [2.05, 4.69) is 0 Å². The Morgan fingerprint density at radius 3 is 2.39 bits per heavy atom. The lowest BCUT2D eigenvalue weighted by Gasteiger charge is -2.37. The second-order valence-corrected chi connectivity index (χ2v) is 5.61. The maximum atomic E-state index is 12.3. The number of carbonyl (C=O) groups excluding carboxylic acids is 1. The molecule has 23 heavy (non-hydrogen) atoms. The molecule has 1 aliphatic rings. The molecule has 1 aliphatic heterocycles. The molecule has 1 heterocycles. The van der Waals surface area contributed by atoms with Gasteiger partial charge in [-0.1, -0.05) is 0 Å². The van der Waals surface area contributed by atoms with Crippen LogP contribution in [-0.4, -0.2) is 47.7 Å². The van der Waals surface area contributed by atoms with E-state index < -0.39 is 11.9 Å². The Labute approximate surface area is 136 Å². The Balaban J connectivity index is 1.89. The molecule has 6 nitrogen and oxygen atoms in total. The Morgan fingerprint density at radius 1 is 1.22 bits per heavy atom. The smallest absolute Gasteiger partial charge is 0.308 e. The van der Waals surface area contributed by atoms with E-state index in [4.69, 9.17) is 9.47 Å². The number of benzene rings is 1. The summed E-state index contributed by atoms with van der Waals surface area (Å²) in [5.74, 6) is -0.195. The van der Waals surface area contributed by atoms with Crippen LogP contribution in [-0.2, 0) is 9.59 Å². The molecule has 2 atom stereocenters. The zero-order valence-electron chi connectivity index (χ0n) is 13.5. The van der Waals surface area contributed by atoms with E-state index in [0.717, 1.165) is 5.75 Å². The van der Waals surface area contributed by atoms with Crippen molar-refractivity contribution in [2.24, 2.45) is 5.92 Å². The van der Waals surface area contributed by atoms with Gasteiger partial charge in [-0.25, -0.2) is 0 Å². The van der Waals surface area contributed by atoms with E-state index in [1.54, 1.807) is 36.1 Å². The highest BCUT2D eigenvalue weighted by atomic mass is 16.5. The second kappa shape index (κ2) is 7.85. The number of carboxylic acids is 1. The number of carboxylic acid groups (broad SMARTS) is 1. The second-order valence-electron chi connectivity index (χ2n) is 5.61. The standard InChI is InChI=1S/C17H23NO5/c1-3-22-13-6-8-14(9-7-13)23-11-16(19)18-10-4-5-15(12(18)2)17(20)21/h6-9,12,15H,3-5,10-11H2,1-2H3,(H,20,21)/t12-,15-/m0/s1. The summed E-state index contributed by atoms with van der Waals surface area (Å²) in [5.41, 5.74) is 0. The molecule has 0 radical (unpaired) electrons. The van der Waals surface area contributed by atoms with E-state index >= 15 is 0 Å². The molecule has 1 fully saturated rings. The van der Waals surface area contributed by atoms with Gasteiger partial charge in [0.25, 0.3) is 5.91 Å². The first-order valence-corrected chi connectivity index (χ1v) is 7.91. The number of aliphatic carboxylic acids is 1. The lowest BCUT2D eigenvalue weighted by Crippen LogP contribution is -2.50. The number of piperidine rings is 1. The van der Waals surface area contributed by atoms with Gasteiger partial charge in [-0.2, -0.15) is 0 Å². The summed E-state index contributed by atoms with van der Waals surface area (Å²) in [7, 11) is 0. The van der Waals surface area contributed by atoms with Crippen molar-refractivity contribution in [2.75, 3.05) is 19.8 Å². The fourth-order valence-corrected chi connectivity index (χ4v) is 2.85. The summed E-state index contributed by atoms with van der Waals surface area (Å²) >= 11 is 0. The fourth-order valence-electron chi connectivity index (χ4n) is 2.85. The number of nitrogens with zero attached hydrogens (tertiary/aromatic N) is 1. The van der Waals surface area contributed by atoms with Gasteiger partial charge in [0.05, 0.1) is 12.5 Å². The predicted molar refractivity (Wildman–Crippen MR) is 84.6 cm³/mol. The van der Waals surface area contributed by atoms with E-state index in [1.165, 1.54) is 0 Å². The molecule has 0 saturated carbocycles. The molecular formula is C17H23NO5. The molecule has 1 aromatic rings. The summed E-state index contributed by atoms with van der Waals surface area (Å²) in [6, 6.07) is 6.76. The van der Waals surface area contributed by atoms with Crippen molar-refractivity contribution in [3.63, 3.8) is 0 Å². The molecular weight excluding hydrogens is 298 g/mol. The van der Waals surface area contributed by atoms with Crippen molar-refractivity contribution in [3.05, 3.63) is 24.3 Å². The summed E-state index contributed by atoms with van der Waals surface area (Å²) in [6.45, 7) is 4.78. The number of carbonyl (C=O) groups is 2. The van der Waals surface area contributed by atoms with Gasteiger partial charge in [0.15, 0.2) is 6.61 Å². The van der Waals surface area contributed by atoms with Gasteiger partial charge >= 0.3 is 5.97 Å². The topological polar surface area (TPSA) is 76.1 Å². The van der Waals surface area contributed by atoms with Crippen molar-refractivity contribution < 1.29 is 24.2 Å². The fraction of sp³-hybridized carbons (Fsp3) is 0.529. The zero-order chi connectivity index (χ0) is 16.8. The summed E-state index contributed by atoms with van der Waals surface area (Å²) in [6.07, 6.45) is 1.32. The molecule has 1 aromatic carbocycles. The van der Waals surface area contributed by atoms with E-state index in [-0.39, 0.29) is 18.6 Å². The number of ether oxygens (including phenoxy) is 2. The maximum absolute atomic E-state index is 12.3. The predicted octanol–water partition coefficient (Wildman–Crippen LogP) is 2.18. The number of amides is 1. The molecule has 0 unspecified atom stereocenters. The van der Waals surface area contributed by atoms with E-state index in [1.807, 2.05) is 6.92 Å². The highest BCUT2D eigenvalue weighted by molar-refractivity contribution is 5.80. The monoisotopic (exact) mass is 321 g/mol. The minimum absolute atomic E-state index is 0.0926. The third-order valence-corrected chi connectivity index (χ3v) is 4.12. The molecule has 0 aliphatic carbocycles. The van der Waals surface area contributed by atoms with Crippen molar-refractivity contribution in [1.29, 1.82) is 0 Å².